The van der Waals surface area contributed by atoms with Crippen molar-refractivity contribution in [3.63, 3.8) is 0 Å². The zero-order valence-corrected chi connectivity index (χ0v) is 27.8. The van der Waals surface area contributed by atoms with Gasteiger partial charge in [-0.05, 0) is 107 Å². The maximum absolute atomic E-state index is 6.14. The minimum atomic E-state index is 0.893. The van der Waals surface area contributed by atoms with E-state index in [4.69, 9.17) is 4.42 Å². The lowest BCUT2D eigenvalue weighted by Crippen LogP contribution is -2.09. The van der Waals surface area contributed by atoms with Gasteiger partial charge in [0, 0.05) is 44.3 Å². The third-order valence-electron chi connectivity index (χ3n) is 9.97. The third-order valence-corrected chi connectivity index (χ3v) is 9.97. The normalized spacial score (nSPS) is 11.5. The van der Waals surface area contributed by atoms with Crippen molar-refractivity contribution in [1.82, 2.24) is 4.57 Å². The molecule has 10 aromatic rings. The summed E-state index contributed by atoms with van der Waals surface area (Å²) in [6.45, 7) is 0. The molecule has 0 amide bonds. The Morgan fingerprint density at radius 3 is 1.75 bits per heavy atom. The molecule has 0 aliphatic rings. The van der Waals surface area contributed by atoms with Crippen LogP contribution >= 0.6 is 0 Å². The van der Waals surface area contributed by atoms with E-state index >= 15 is 0 Å². The van der Waals surface area contributed by atoms with Crippen molar-refractivity contribution in [2.24, 2.45) is 0 Å². The highest BCUT2D eigenvalue weighted by atomic mass is 16.3. The molecule has 0 aliphatic heterocycles. The van der Waals surface area contributed by atoms with Crippen LogP contribution in [-0.2, 0) is 0 Å². The van der Waals surface area contributed by atoms with Crippen molar-refractivity contribution in [2.75, 3.05) is 4.90 Å². The van der Waals surface area contributed by atoms with E-state index in [0.717, 1.165) is 39.0 Å². The van der Waals surface area contributed by atoms with Crippen molar-refractivity contribution < 1.29 is 4.42 Å². The van der Waals surface area contributed by atoms with Crippen LogP contribution in [0.3, 0.4) is 0 Å². The van der Waals surface area contributed by atoms with Crippen LogP contribution in [0.1, 0.15) is 0 Å². The number of furan rings is 1. The van der Waals surface area contributed by atoms with Crippen molar-refractivity contribution in [3.8, 4) is 27.9 Å². The number of benzene rings is 8. The second-order valence-corrected chi connectivity index (χ2v) is 13.0. The lowest BCUT2D eigenvalue weighted by Gasteiger charge is -2.25. The van der Waals surface area contributed by atoms with Gasteiger partial charge in [-0.15, -0.1) is 0 Å². The largest absolute Gasteiger partial charge is 0.456 e. The van der Waals surface area contributed by atoms with Gasteiger partial charge in [-0.2, -0.15) is 0 Å². The minimum Gasteiger partial charge on any atom is -0.456 e. The standard InChI is InChI=1S/C48H32N2O/c1-3-14-37(15-4-1)49(40-27-29-48-44(32-40)42-19-8-10-21-47(42)51-48)39-25-22-33(23-26-39)34-12-11-13-35(30-34)36-24-28-46-43(31-36)41-18-7-9-20-45(41)50(46)38-16-5-2-6-17-38/h1-32H. The third kappa shape index (κ3) is 4.98. The SMILES string of the molecule is c1ccc(N(c2ccc(-c3cccc(-c4ccc5c(c4)c4ccccc4n5-c4ccccc4)c3)cc2)c2ccc3oc4ccccc4c3c2)cc1. The van der Waals surface area contributed by atoms with E-state index in [1.54, 1.807) is 0 Å². The van der Waals surface area contributed by atoms with Crippen molar-refractivity contribution in [3.05, 3.63) is 194 Å². The molecule has 2 aromatic heterocycles. The van der Waals surface area contributed by atoms with Crippen molar-refractivity contribution in [1.29, 1.82) is 0 Å². The Morgan fingerprint density at radius 2 is 0.922 bits per heavy atom. The highest BCUT2D eigenvalue weighted by Gasteiger charge is 2.16. The maximum Gasteiger partial charge on any atom is 0.135 e. The number of aromatic nitrogens is 1. The highest BCUT2D eigenvalue weighted by molar-refractivity contribution is 6.10. The number of anilines is 3. The molecule has 0 fully saturated rings. The topological polar surface area (TPSA) is 21.3 Å². The Bertz CT molecular complexity index is 2850. The van der Waals surface area contributed by atoms with E-state index in [1.165, 1.54) is 49.7 Å². The van der Waals surface area contributed by atoms with Crippen LogP contribution in [0.4, 0.5) is 17.1 Å². The van der Waals surface area contributed by atoms with Crippen LogP contribution in [0.15, 0.2) is 199 Å². The second-order valence-electron chi connectivity index (χ2n) is 13.0. The molecule has 0 spiro atoms. The van der Waals surface area contributed by atoms with E-state index in [0.29, 0.717) is 0 Å². The first-order chi connectivity index (χ1) is 25.3. The molecule has 0 bridgehead atoms. The highest BCUT2D eigenvalue weighted by Crippen LogP contribution is 2.40. The Labute approximate surface area is 295 Å². The summed E-state index contributed by atoms with van der Waals surface area (Å²) in [6, 6.07) is 69.2. The summed E-state index contributed by atoms with van der Waals surface area (Å²) >= 11 is 0. The molecule has 3 nitrogen and oxygen atoms in total. The van der Waals surface area contributed by atoms with Crippen molar-refractivity contribution in [2.45, 2.75) is 0 Å². The first-order valence-electron chi connectivity index (χ1n) is 17.3. The predicted octanol–water partition coefficient (Wildman–Crippen LogP) is 13.5. The molecular weight excluding hydrogens is 621 g/mol. The average Bonchev–Trinajstić information content (AvgIpc) is 3.74. The quantitative estimate of drug-likeness (QED) is 0.178. The van der Waals surface area contributed by atoms with E-state index in [-0.39, 0.29) is 0 Å². The number of rotatable bonds is 6. The monoisotopic (exact) mass is 652 g/mol. The van der Waals surface area contributed by atoms with Gasteiger partial charge >= 0.3 is 0 Å². The number of hydrogen-bond acceptors (Lipinski definition) is 2. The predicted molar refractivity (Wildman–Crippen MR) is 214 cm³/mol. The number of fused-ring (bicyclic) bond motifs is 6. The second kappa shape index (κ2) is 11.9. The van der Waals surface area contributed by atoms with Crippen LogP contribution in [0.5, 0.6) is 0 Å². The summed E-state index contributed by atoms with van der Waals surface area (Å²) in [6.07, 6.45) is 0. The molecule has 0 N–H and O–H groups in total. The van der Waals surface area contributed by atoms with E-state index in [9.17, 15) is 0 Å². The number of hydrogen-bond donors (Lipinski definition) is 0. The van der Waals surface area contributed by atoms with Crippen LogP contribution in [0, 0.1) is 0 Å². The zero-order chi connectivity index (χ0) is 33.7. The summed E-state index contributed by atoms with van der Waals surface area (Å²) in [4.78, 5) is 2.31. The molecule has 0 radical (unpaired) electrons. The molecule has 8 aromatic carbocycles. The van der Waals surface area contributed by atoms with E-state index < -0.39 is 0 Å². The lowest BCUT2D eigenvalue weighted by molar-refractivity contribution is 0.669. The first kappa shape index (κ1) is 29.1. The van der Waals surface area contributed by atoms with Crippen LogP contribution in [0.25, 0.3) is 71.7 Å². The average molecular weight is 653 g/mol. The van der Waals surface area contributed by atoms with Gasteiger partial charge < -0.3 is 13.9 Å². The Balaban J connectivity index is 1.02. The van der Waals surface area contributed by atoms with Crippen LogP contribution in [0.2, 0.25) is 0 Å². The molecule has 3 heteroatoms. The Morgan fingerprint density at radius 1 is 0.333 bits per heavy atom. The van der Waals surface area contributed by atoms with Crippen molar-refractivity contribution >= 4 is 60.8 Å². The summed E-state index contributed by atoms with van der Waals surface area (Å²) in [5.74, 6) is 0. The number of nitrogens with zero attached hydrogens (tertiary/aromatic N) is 2. The molecule has 240 valence electrons. The zero-order valence-electron chi connectivity index (χ0n) is 27.8. The summed E-state index contributed by atoms with van der Waals surface area (Å²) in [7, 11) is 0. The fourth-order valence-electron chi connectivity index (χ4n) is 7.57. The van der Waals surface area contributed by atoms with Gasteiger partial charge in [0.15, 0.2) is 0 Å². The first-order valence-corrected chi connectivity index (χ1v) is 17.3. The van der Waals surface area contributed by atoms with Crippen LogP contribution < -0.4 is 4.90 Å². The minimum absolute atomic E-state index is 0.893. The fourth-order valence-corrected chi connectivity index (χ4v) is 7.57. The van der Waals surface area contributed by atoms with Gasteiger partial charge in [-0.1, -0.05) is 109 Å². The van der Waals surface area contributed by atoms with E-state index in [1.807, 2.05) is 12.1 Å². The molecular formula is C48H32N2O. The molecule has 0 saturated heterocycles. The number of para-hydroxylation sites is 4. The van der Waals surface area contributed by atoms with Gasteiger partial charge in [0.25, 0.3) is 0 Å². The van der Waals surface area contributed by atoms with Gasteiger partial charge in [-0.25, -0.2) is 0 Å². The lowest BCUT2D eigenvalue weighted by atomic mass is 9.97. The molecule has 2 heterocycles. The van der Waals surface area contributed by atoms with Gasteiger partial charge in [0.2, 0.25) is 0 Å². The molecule has 51 heavy (non-hydrogen) atoms. The van der Waals surface area contributed by atoms with Gasteiger partial charge in [0.05, 0.1) is 11.0 Å². The summed E-state index contributed by atoms with van der Waals surface area (Å²) in [5.41, 5.74) is 13.4. The molecule has 10 rings (SSSR count). The van der Waals surface area contributed by atoms with Gasteiger partial charge in [-0.3, -0.25) is 0 Å². The summed E-state index contributed by atoms with van der Waals surface area (Å²) < 4.78 is 8.51. The summed E-state index contributed by atoms with van der Waals surface area (Å²) in [5, 5.41) is 4.75. The smallest absolute Gasteiger partial charge is 0.135 e. The van der Waals surface area contributed by atoms with Gasteiger partial charge in [0.1, 0.15) is 11.2 Å². The van der Waals surface area contributed by atoms with E-state index in [2.05, 4.69) is 191 Å². The van der Waals surface area contributed by atoms with Crippen LogP contribution in [-0.4, -0.2) is 4.57 Å². The maximum atomic E-state index is 6.14. The molecule has 0 atom stereocenters. The fraction of sp³-hybridized carbons (Fsp3) is 0. The Kier molecular flexibility index (Phi) is 6.81. The molecule has 0 aliphatic carbocycles. The molecule has 0 saturated carbocycles. The Hall–Kier alpha value is -6.84. The molecule has 0 unspecified atom stereocenters.